The highest BCUT2D eigenvalue weighted by Gasteiger charge is 1.98. The highest BCUT2D eigenvalue weighted by atomic mass is 16.6. The summed E-state index contributed by atoms with van der Waals surface area (Å²) in [5, 5.41) is 3.96. The molecule has 19 heavy (non-hydrogen) atoms. The summed E-state index contributed by atoms with van der Waals surface area (Å²) in [7, 11) is 0. The van der Waals surface area contributed by atoms with Gasteiger partial charge in [-0.05, 0) is 19.4 Å². The molecule has 0 N–H and O–H groups in total. The first-order valence-electron chi connectivity index (χ1n) is 6.18. The Morgan fingerprint density at radius 1 is 1.05 bits per heavy atom. The van der Waals surface area contributed by atoms with Crippen molar-refractivity contribution in [1.29, 1.82) is 0 Å². The molecule has 96 valence electrons. The summed E-state index contributed by atoms with van der Waals surface area (Å²) in [4.78, 5) is 5.29. The Labute approximate surface area is 114 Å². The first-order chi connectivity index (χ1) is 9.15. The first kappa shape index (κ1) is 13.1. The fourth-order valence-corrected chi connectivity index (χ4v) is 1.69. The summed E-state index contributed by atoms with van der Waals surface area (Å²) in [6.45, 7) is 7.96. The molecule has 2 rings (SSSR count). The lowest BCUT2D eigenvalue weighted by atomic mass is 10.1. The number of rotatable bonds is 4. The zero-order valence-electron chi connectivity index (χ0n) is 11.3. The lowest BCUT2D eigenvalue weighted by Gasteiger charge is -2.03. The van der Waals surface area contributed by atoms with Crippen molar-refractivity contribution in [1.82, 2.24) is 0 Å². The number of hydrogen-bond acceptors (Lipinski definition) is 2. The van der Waals surface area contributed by atoms with E-state index in [2.05, 4.69) is 11.7 Å². The largest absolute Gasteiger partial charge is 0.357 e. The van der Waals surface area contributed by atoms with Crippen LogP contribution in [0.1, 0.15) is 22.3 Å². The summed E-state index contributed by atoms with van der Waals surface area (Å²) in [6, 6.07) is 16.0. The van der Waals surface area contributed by atoms with Crippen molar-refractivity contribution in [2.75, 3.05) is 0 Å². The summed E-state index contributed by atoms with van der Waals surface area (Å²) in [6.07, 6.45) is 1.69. The molecule has 0 aliphatic rings. The number of aryl methyl sites for hydroxylation is 2. The molecule has 0 amide bonds. The minimum absolute atomic E-state index is 0.545. The average molecular weight is 251 g/mol. The Hall–Kier alpha value is -2.35. The SMILES string of the molecule is C=C(O/N=C/c1cccc(C)c1)c1ccc(C)cc1. The Kier molecular flexibility index (Phi) is 4.14. The predicted octanol–water partition coefficient (Wildman–Crippen LogP) is 4.32. The zero-order chi connectivity index (χ0) is 13.7. The molecule has 0 spiro atoms. The molecule has 2 aromatic rings. The number of nitrogens with zero attached hydrogens (tertiary/aromatic N) is 1. The molecule has 0 saturated carbocycles. The first-order valence-corrected chi connectivity index (χ1v) is 6.18. The molecule has 0 saturated heterocycles. The molecular formula is C17H17NO. The second kappa shape index (κ2) is 6.01. The van der Waals surface area contributed by atoms with E-state index in [1.54, 1.807) is 6.21 Å². The normalized spacial score (nSPS) is 10.6. The molecule has 0 aliphatic carbocycles. The highest BCUT2D eigenvalue weighted by molar-refractivity contribution is 5.79. The predicted molar refractivity (Wildman–Crippen MR) is 80.1 cm³/mol. The van der Waals surface area contributed by atoms with E-state index in [0.29, 0.717) is 5.76 Å². The monoisotopic (exact) mass is 251 g/mol. The Balaban J connectivity index is 1.98. The minimum Gasteiger partial charge on any atom is -0.357 e. The van der Waals surface area contributed by atoms with Crippen molar-refractivity contribution < 1.29 is 4.84 Å². The van der Waals surface area contributed by atoms with E-state index in [1.807, 2.05) is 62.4 Å². The van der Waals surface area contributed by atoms with Crippen LogP contribution in [0.4, 0.5) is 0 Å². The fourth-order valence-electron chi connectivity index (χ4n) is 1.69. The maximum Gasteiger partial charge on any atom is 0.158 e. The van der Waals surface area contributed by atoms with E-state index >= 15 is 0 Å². The molecule has 0 bridgehead atoms. The molecule has 2 aromatic carbocycles. The van der Waals surface area contributed by atoms with Gasteiger partial charge in [0.05, 0.1) is 6.21 Å². The van der Waals surface area contributed by atoms with Gasteiger partial charge in [-0.25, -0.2) is 0 Å². The van der Waals surface area contributed by atoms with Crippen molar-refractivity contribution in [3.05, 3.63) is 77.4 Å². The van der Waals surface area contributed by atoms with Gasteiger partial charge in [0.25, 0.3) is 0 Å². The van der Waals surface area contributed by atoms with Crippen LogP contribution in [0.15, 0.2) is 60.3 Å². The second-order valence-electron chi connectivity index (χ2n) is 4.53. The van der Waals surface area contributed by atoms with Gasteiger partial charge in [0.2, 0.25) is 0 Å². The van der Waals surface area contributed by atoms with Crippen LogP contribution in [-0.4, -0.2) is 6.21 Å². The van der Waals surface area contributed by atoms with Crippen molar-refractivity contribution in [2.45, 2.75) is 13.8 Å². The molecule has 0 radical (unpaired) electrons. The van der Waals surface area contributed by atoms with Crippen LogP contribution < -0.4 is 0 Å². The van der Waals surface area contributed by atoms with Crippen LogP contribution in [0.25, 0.3) is 5.76 Å². The third-order valence-electron chi connectivity index (χ3n) is 2.78. The number of oxime groups is 1. The van der Waals surface area contributed by atoms with Crippen LogP contribution in [-0.2, 0) is 4.84 Å². The van der Waals surface area contributed by atoms with Crippen molar-refractivity contribution >= 4 is 12.0 Å². The maximum atomic E-state index is 5.29. The third-order valence-corrected chi connectivity index (χ3v) is 2.78. The Morgan fingerprint density at radius 2 is 1.79 bits per heavy atom. The summed E-state index contributed by atoms with van der Waals surface area (Å²) in [5.41, 5.74) is 4.35. The van der Waals surface area contributed by atoms with Crippen molar-refractivity contribution in [3.63, 3.8) is 0 Å². The van der Waals surface area contributed by atoms with Gasteiger partial charge in [-0.2, -0.15) is 0 Å². The second-order valence-corrected chi connectivity index (χ2v) is 4.53. The van der Waals surface area contributed by atoms with E-state index < -0.39 is 0 Å². The molecular weight excluding hydrogens is 234 g/mol. The van der Waals surface area contributed by atoms with Gasteiger partial charge in [-0.3, -0.25) is 0 Å². The topological polar surface area (TPSA) is 21.6 Å². The minimum atomic E-state index is 0.545. The van der Waals surface area contributed by atoms with Crippen LogP contribution in [0.3, 0.4) is 0 Å². The third kappa shape index (κ3) is 3.81. The molecule has 0 aliphatic heterocycles. The molecule has 2 nitrogen and oxygen atoms in total. The summed E-state index contributed by atoms with van der Waals surface area (Å²) in [5.74, 6) is 0.545. The highest BCUT2D eigenvalue weighted by Crippen LogP contribution is 2.14. The van der Waals surface area contributed by atoms with Gasteiger partial charge in [0, 0.05) is 5.56 Å². The maximum absolute atomic E-state index is 5.29. The Morgan fingerprint density at radius 3 is 2.47 bits per heavy atom. The van der Waals surface area contributed by atoms with Gasteiger partial charge in [0.1, 0.15) is 0 Å². The van der Waals surface area contributed by atoms with Gasteiger partial charge in [-0.15, -0.1) is 0 Å². The van der Waals surface area contributed by atoms with Crippen LogP contribution in [0, 0.1) is 13.8 Å². The standard InChI is InChI=1S/C17H17NO/c1-13-7-9-17(10-8-13)15(3)19-18-12-16-6-4-5-14(2)11-16/h4-12H,3H2,1-2H3/b18-12+. The molecule has 0 atom stereocenters. The summed E-state index contributed by atoms with van der Waals surface area (Å²) >= 11 is 0. The van der Waals surface area contributed by atoms with E-state index in [-0.39, 0.29) is 0 Å². The Bertz CT molecular complexity index is 597. The smallest absolute Gasteiger partial charge is 0.158 e. The summed E-state index contributed by atoms with van der Waals surface area (Å²) < 4.78 is 0. The molecule has 0 aromatic heterocycles. The van der Waals surface area contributed by atoms with Gasteiger partial charge in [-0.1, -0.05) is 71.4 Å². The van der Waals surface area contributed by atoms with E-state index in [0.717, 1.165) is 11.1 Å². The molecule has 0 heterocycles. The quantitative estimate of drug-likeness (QED) is 0.450. The number of benzene rings is 2. The van der Waals surface area contributed by atoms with E-state index in [9.17, 15) is 0 Å². The number of hydrogen-bond donors (Lipinski definition) is 0. The van der Waals surface area contributed by atoms with Crippen LogP contribution >= 0.6 is 0 Å². The average Bonchev–Trinajstić information content (AvgIpc) is 2.39. The van der Waals surface area contributed by atoms with E-state index in [1.165, 1.54) is 11.1 Å². The van der Waals surface area contributed by atoms with Crippen LogP contribution in [0.2, 0.25) is 0 Å². The van der Waals surface area contributed by atoms with Gasteiger partial charge >= 0.3 is 0 Å². The lowest BCUT2D eigenvalue weighted by Crippen LogP contribution is -1.87. The molecule has 0 fully saturated rings. The fraction of sp³-hybridized carbons (Fsp3) is 0.118. The van der Waals surface area contributed by atoms with Crippen molar-refractivity contribution in [2.24, 2.45) is 5.16 Å². The molecule has 0 unspecified atom stereocenters. The van der Waals surface area contributed by atoms with Crippen LogP contribution in [0.5, 0.6) is 0 Å². The lowest BCUT2D eigenvalue weighted by molar-refractivity contribution is 0.301. The van der Waals surface area contributed by atoms with Gasteiger partial charge < -0.3 is 4.84 Å². The molecule has 2 heteroatoms. The van der Waals surface area contributed by atoms with E-state index in [4.69, 9.17) is 4.84 Å². The zero-order valence-corrected chi connectivity index (χ0v) is 11.3. The van der Waals surface area contributed by atoms with Crippen molar-refractivity contribution in [3.8, 4) is 0 Å². The van der Waals surface area contributed by atoms with Gasteiger partial charge in [0.15, 0.2) is 5.76 Å².